The second-order valence-electron chi connectivity index (χ2n) is 5.62. The molecule has 1 aromatic carbocycles. The first-order valence-electron chi connectivity index (χ1n) is 7.04. The van der Waals surface area contributed by atoms with Gasteiger partial charge >= 0.3 is 6.18 Å². The van der Waals surface area contributed by atoms with Crippen molar-refractivity contribution in [2.45, 2.75) is 29.7 Å². The normalized spacial score (nSPS) is 13.4. The molecule has 0 saturated carbocycles. The third kappa shape index (κ3) is 4.74. The van der Waals surface area contributed by atoms with Crippen molar-refractivity contribution in [3.63, 3.8) is 0 Å². The van der Waals surface area contributed by atoms with Gasteiger partial charge in [0.1, 0.15) is 5.82 Å². The maximum atomic E-state index is 12.7. The van der Waals surface area contributed by atoms with E-state index in [2.05, 4.69) is 26.2 Å². The van der Waals surface area contributed by atoms with E-state index >= 15 is 0 Å². The summed E-state index contributed by atoms with van der Waals surface area (Å²) in [6.07, 6.45) is -3.87. The Morgan fingerprint density at radius 2 is 1.76 bits per heavy atom. The number of carbonyl (C=O) groups excluding carboxylic acids is 1. The van der Waals surface area contributed by atoms with E-state index in [0.717, 1.165) is 16.6 Å². The van der Waals surface area contributed by atoms with Gasteiger partial charge in [-0.25, -0.2) is 4.98 Å². The van der Waals surface area contributed by atoms with Crippen molar-refractivity contribution in [1.82, 2.24) is 4.98 Å². The van der Waals surface area contributed by atoms with Gasteiger partial charge < -0.3 is 9.87 Å². The second-order valence-corrected chi connectivity index (χ2v) is 8.56. The summed E-state index contributed by atoms with van der Waals surface area (Å²) in [7, 11) is 0. The van der Waals surface area contributed by atoms with Gasteiger partial charge in [0.25, 0.3) is 5.91 Å². The Morgan fingerprint density at radius 3 is 2.24 bits per heavy atom. The van der Waals surface area contributed by atoms with Crippen molar-refractivity contribution in [3.05, 3.63) is 52.6 Å². The van der Waals surface area contributed by atoms with Crippen LogP contribution in [0.3, 0.4) is 0 Å². The lowest BCUT2D eigenvalue weighted by atomic mass is 10.2. The van der Waals surface area contributed by atoms with Crippen molar-refractivity contribution in [2.24, 2.45) is 0 Å². The first-order chi connectivity index (χ1) is 11.5. The van der Waals surface area contributed by atoms with Crippen molar-refractivity contribution in [3.8, 4) is 0 Å². The minimum atomic E-state index is -4.50. The van der Waals surface area contributed by atoms with Crippen LogP contribution in [0.15, 0.2) is 52.0 Å². The molecule has 25 heavy (non-hydrogen) atoms. The molecule has 0 aliphatic rings. The van der Waals surface area contributed by atoms with Crippen LogP contribution in [0.2, 0.25) is 0 Å². The zero-order valence-corrected chi connectivity index (χ0v) is 15.6. The molecule has 0 spiro atoms. The molecule has 0 aliphatic heterocycles. The average molecular weight is 435 g/mol. The third-order valence-electron chi connectivity index (χ3n) is 3.37. The van der Waals surface area contributed by atoms with E-state index in [1.54, 1.807) is 24.3 Å². The molecule has 0 fully saturated rings. The molecule has 1 N–H and O–H groups in total. The molecule has 1 unspecified atom stereocenters. The zero-order chi connectivity index (χ0) is 18.8. The van der Waals surface area contributed by atoms with Crippen LogP contribution in [0.1, 0.15) is 19.4 Å². The SMILES string of the molecule is CC(C)(C(=O)Nc1ccc(C(F)(F)F)cn1)[S+]([O-])c1ccc(Br)cc1. The molecule has 2 rings (SSSR count). The smallest absolute Gasteiger partial charge is 0.417 e. The first-order valence-corrected chi connectivity index (χ1v) is 8.98. The molecule has 2 aromatic rings. The van der Waals surface area contributed by atoms with Gasteiger partial charge in [-0.2, -0.15) is 13.2 Å². The maximum absolute atomic E-state index is 12.7. The lowest BCUT2D eigenvalue weighted by Gasteiger charge is -2.26. The third-order valence-corrected chi connectivity index (χ3v) is 5.71. The summed E-state index contributed by atoms with van der Waals surface area (Å²) in [5.74, 6) is -0.653. The lowest BCUT2D eigenvalue weighted by molar-refractivity contribution is -0.137. The highest BCUT2D eigenvalue weighted by Crippen LogP contribution is 2.30. The van der Waals surface area contributed by atoms with Gasteiger partial charge in [0.15, 0.2) is 4.90 Å². The lowest BCUT2D eigenvalue weighted by Crippen LogP contribution is -2.44. The number of nitrogens with zero attached hydrogens (tertiary/aromatic N) is 1. The van der Waals surface area contributed by atoms with E-state index in [1.165, 1.54) is 13.8 Å². The summed E-state index contributed by atoms with van der Waals surface area (Å²) in [4.78, 5) is 16.5. The summed E-state index contributed by atoms with van der Waals surface area (Å²) in [5, 5.41) is 2.40. The van der Waals surface area contributed by atoms with E-state index in [0.29, 0.717) is 11.1 Å². The Kier molecular flexibility index (Phi) is 5.80. The Hall–Kier alpha value is -1.58. The van der Waals surface area contributed by atoms with Crippen LogP contribution < -0.4 is 5.32 Å². The number of benzene rings is 1. The molecule has 1 amide bonds. The van der Waals surface area contributed by atoms with Crippen LogP contribution in [0.5, 0.6) is 0 Å². The Labute approximate surface area is 154 Å². The van der Waals surface area contributed by atoms with Gasteiger partial charge in [0, 0.05) is 21.8 Å². The second kappa shape index (κ2) is 7.35. The number of carbonyl (C=O) groups is 1. The fourth-order valence-corrected chi connectivity index (χ4v) is 3.30. The molecular formula is C16H14BrF3N2O2S. The van der Waals surface area contributed by atoms with Crippen molar-refractivity contribution >= 4 is 38.8 Å². The molecule has 0 radical (unpaired) electrons. The number of nitrogens with one attached hydrogen (secondary N) is 1. The summed E-state index contributed by atoms with van der Waals surface area (Å²) < 4.78 is 49.7. The molecule has 1 atom stereocenters. The topological polar surface area (TPSA) is 65.0 Å². The maximum Gasteiger partial charge on any atom is 0.417 e. The summed E-state index contributed by atoms with van der Waals surface area (Å²) in [5.41, 5.74) is -0.914. The zero-order valence-electron chi connectivity index (χ0n) is 13.2. The molecule has 0 aliphatic carbocycles. The number of halogens is 4. The van der Waals surface area contributed by atoms with Gasteiger partial charge in [-0.15, -0.1) is 0 Å². The van der Waals surface area contributed by atoms with Crippen LogP contribution in [0.4, 0.5) is 19.0 Å². The number of hydrogen-bond acceptors (Lipinski definition) is 3. The monoisotopic (exact) mass is 434 g/mol. The predicted octanol–water partition coefficient (Wildman–Crippen LogP) is 4.39. The van der Waals surface area contributed by atoms with Crippen LogP contribution >= 0.6 is 15.9 Å². The highest BCUT2D eigenvalue weighted by Gasteiger charge is 2.42. The summed E-state index contributed by atoms with van der Waals surface area (Å²) in [6.45, 7) is 2.98. The van der Waals surface area contributed by atoms with Gasteiger partial charge in [-0.05, 0) is 50.2 Å². The van der Waals surface area contributed by atoms with Crippen molar-refractivity contribution in [1.29, 1.82) is 0 Å². The molecule has 0 bridgehead atoms. The number of pyridine rings is 1. The van der Waals surface area contributed by atoms with Gasteiger partial charge in [-0.1, -0.05) is 15.9 Å². The highest BCUT2D eigenvalue weighted by molar-refractivity contribution is 9.10. The number of hydrogen-bond donors (Lipinski definition) is 1. The van der Waals surface area contributed by atoms with Gasteiger partial charge in [0.05, 0.1) is 5.56 Å². The number of amides is 1. The molecule has 0 saturated heterocycles. The quantitative estimate of drug-likeness (QED) is 0.725. The summed E-state index contributed by atoms with van der Waals surface area (Å²) in [6, 6.07) is 8.55. The van der Waals surface area contributed by atoms with E-state index in [9.17, 15) is 22.5 Å². The Bertz CT molecular complexity index is 749. The molecule has 9 heteroatoms. The summed E-state index contributed by atoms with van der Waals surface area (Å²) >= 11 is 1.61. The first kappa shape index (κ1) is 19.7. The van der Waals surface area contributed by atoms with Crippen molar-refractivity contribution in [2.75, 3.05) is 5.32 Å². The standard InChI is InChI=1S/C16H14BrF3N2O2S/c1-15(2,25(24)12-6-4-11(17)5-7-12)14(23)22-13-8-3-10(9-21-13)16(18,19)20/h3-9H,1-2H3,(H,21,22,23). The number of alkyl halides is 3. The van der Waals surface area contributed by atoms with Crippen molar-refractivity contribution < 1.29 is 22.5 Å². The Balaban J connectivity index is 2.14. The molecule has 134 valence electrons. The number of rotatable bonds is 4. The molecule has 4 nitrogen and oxygen atoms in total. The van der Waals surface area contributed by atoms with E-state index in [-0.39, 0.29) is 5.82 Å². The van der Waals surface area contributed by atoms with Gasteiger partial charge in [0.2, 0.25) is 4.75 Å². The average Bonchev–Trinajstić information content (AvgIpc) is 2.54. The van der Waals surface area contributed by atoms with Crippen LogP contribution in [-0.2, 0) is 22.1 Å². The van der Waals surface area contributed by atoms with E-state index in [1.807, 2.05) is 0 Å². The van der Waals surface area contributed by atoms with Crippen LogP contribution in [0.25, 0.3) is 0 Å². The highest BCUT2D eigenvalue weighted by atomic mass is 79.9. The fourth-order valence-electron chi connectivity index (χ4n) is 1.84. The van der Waals surface area contributed by atoms with Gasteiger partial charge in [-0.3, -0.25) is 4.79 Å². The molecule has 1 aromatic heterocycles. The fraction of sp³-hybridized carbons (Fsp3) is 0.250. The predicted molar refractivity (Wildman–Crippen MR) is 92.5 cm³/mol. The van der Waals surface area contributed by atoms with Crippen LogP contribution in [0, 0.1) is 0 Å². The Morgan fingerprint density at radius 1 is 1.16 bits per heavy atom. The van der Waals surface area contributed by atoms with E-state index in [4.69, 9.17) is 0 Å². The largest absolute Gasteiger partial charge is 0.611 e. The number of anilines is 1. The molecular weight excluding hydrogens is 421 g/mol. The minimum absolute atomic E-state index is 0.0427. The minimum Gasteiger partial charge on any atom is -0.611 e. The molecule has 1 heterocycles. The number of aromatic nitrogens is 1. The van der Waals surface area contributed by atoms with E-state index < -0.39 is 33.6 Å². The van der Waals surface area contributed by atoms with Crippen LogP contribution in [-0.4, -0.2) is 20.2 Å².